The molecule has 2 heteroatoms. The lowest BCUT2D eigenvalue weighted by atomic mass is 10.0. The van der Waals surface area contributed by atoms with E-state index in [-0.39, 0.29) is 0 Å². The zero-order chi connectivity index (χ0) is 9.97. The second-order valence-corrected chi connectivity index (χ2v) is 6.49. The van der Waals surface area contributed by atoms with Crippen LogP contribution in [0.25, 0.3) is 0 Å². The van der Waals surface area contributed by atoms with Crippen molar-refractivity contribution in [1.82, 2.24) is 5.32 Å². The quantitative estimate of drug-likeness (QED) is 0.756. The lowest BCUT2D eigenvalue weighted by molar-refractivity contribution is 0.351. The summed E-state index contributed by atoms with van der Waals surface area (Å²) in [6, 6.07) is 1.61. The van der Waals surface area contributed by atoms with Gasteiger partial charge in [0.15, 0.2) is 0 Å². The van der Waals surface area contributed by atoms with Crippen LogP contribution in [0.1, 0.15) is 46.0 Å². The van der Waals surface area contributed by atoms with Crippen LogP contribution < -0.4 is 5.32 Å². The Labute approximate surface area is 92.4 Å². The molecule has 0 radical (unpaired) electrons. The van der Waals surface area contributed by atoms with E-state index >= 15 is 0 Å². The molecular weight excluding hydrogens is 190 g/mol. The topological polar surface area (TPSA) is 12.0 Å². The average molecular weight is 213 g/mol. The minimum absolute atomic E-state index is 0.791. The van der Waals surface area contributed by atoms with Gasteiger partial charge in [0.25, 0.3) is 0 Å². The van der Waals surface area contributed by atoms with Crippen LogP contribution in [0.5, 0.6) is 0 Å². The highest BCUT2D eigenvalue weighted by molar-refractivity contribution is 7.99. The molecule has 1 aliphatic carbocycles. The maximum Gasteiger partial charge on any atom is 0.0186 e. The van der Waals surface area contributed by atoms with E-state index in [1.165, 1.54) is 37.9 Å². The van der Waals surface area contributed by atoms with Gasteiger partial charge in [-0.15, -0.1) is 0 Å². The molecule has 2 fully saturated rings. The number of rotatable bonds is 2. The van der Waals surface area contributed by atoms with Gasteiger partial charge >= 0.3 is 0 Å². The smallest absolute Gasteiger partial charge is 0.0186 e. The summed E-state index contributed by atoms with van der Waals surface area (Å²) in [6.07, 6.45) is 7.10. The molecule has 1 nitrogen and oxygen atoms in total. The lowest BCUT2D eigenvalue weighted by Gasteiger charge is -2.33. The molecule has 1 heterocycles. The Morgan fingerprint density at radius 3 is 2.43 bits per heavy atom. The Morgan fingerprint density at radius 1 is 1.00 bits per heavy atom. The molecule has 2 rings (SSSR count). The maximum atomic E-state index is 3.90. The van der Waals surface area contributed by atoms with Crippen LogP contribution in [-0.2, 0) is 0 Å². The highest BCUT2D eigenvalue weighted by Crippen LogP contribution is 2.30. The molecule has 0 bridgehead atoms. The van der Waals surface area contributed by atoms with E-state index in [9.17, 15) is 0 Å². The zero-order valence-corrected chi connectivity index (χ0v) is 10.3. The normalized spacial score (nSPS) is 44.1. The fraction of sp³-hybridized carbons (Fsp3) is 1.00. The predicted molar refractivity (Wildman–Crippen MR) is 64.9 cm³/mol. The van der Waals surface area contributed by atoms with E-state index < -0.39 is 0 Å². The van der Waals surface area contributed by atoms with Crippen LogP contribution in [0.4, 0.5) is 0 Å². The Bertz CT molecular complexity index is 183. The van der Waals surface area contributed by atoms with Crippen molar-refractivity contribution in [1.29, 1.82) is 0 Å². The summed E-state index contributed by atoms with van der Waals surface area (Å²) < 4.78 is 0. The fourth-order valence-corrected chi connectivity index (χ4v) is 3.96. The van der Waals surface area contributed by atoms with Gasteiger partial charge in [0.2, 0.25) is 0 Å². The van der Waals surface area contributed by atoms with E-state index in [2.05, 4.69) is 30.9 Å². The number of hydrogen-bond acceptors (Lipinski definition) is 2. The van der Waals surface area contributed by atoms with Crippen LogP contribution >= 0.6 is 11.8 Å². The van der Waals surface area contributed by atoms with Crippen molar-refractivity contribution in [2.75, 3.05) is 5.75 Å². The van der Waals surface area contributed by atoms with Gasteiger partial charge in [0.1, 0.15) is 0 Å². The number of thioether (sulfide) groups is 1. The molecule has 1 saturated carbocycles. The molecule has 4 atom stereocenters. The Balaban J connectivity index is 1.83. The highest BCUT2D eigenvalue weighted by Gasteiger charge is 2.29. The predicted octanol–water partition coefficient (Wildman–Crippen LogP) is 3.05. The summed E-state index contributed by atoms with van der Waals surface area (Å²) in [4.78, 5) is 0. The van der Waals surface area contributed by atoms with Crippen LogP contribution in [0.2, 0.25) is 0 Å². The summed E-state index contributed by atoms with van der Waals surface area (Å²) in [5, 5.41) is 4.73. The van der Waals surface area contributed by atoms with Gasteiger partial charge in [-0.1, -0.05) is 20.3 Å². The maximum absolute atomic E-state index is 3.90. The summed E-state index contributed by atoms with van der Waals surface area (Å²) in [5.41, 5.74) is 0. The number of hydrogen-bond donors (Lipinski definition) is 1. The first-order valence-electron chi connectivity index (χ1n) is 6.15. The van der Waals surface area contributed by atoms with Crippen molar-refractivity contribution in [2.24, 2.45) is 5.92 Å². The number of nitrogens with one attached hydrogen (secondary N) is 1. The highest BCUT2D eigenvalue weighted by atomic mass is 32.2. The van der Waals surface area contributed by atoms with Crippen molar-refractivity contribution in [2.45, 2.75) is 63.3 Å². The van der Waals surface area contributed by atoms with Crippen molar-refractivity contribution < 1.29 is 0 Å². The molecule has 0 aromatic rings. The third kappa shape index (κ3) is 2.46. The molecule has 1 aliphatic heterocycles. The van der Waals surface area contributed by atoms with Crippen LogP contribution in [0, 0.1) is 5.92 Å². The Kier molecular flexibility index (Phi) is 3.78. The zero-order valence-electron chi connectivity index (χ0n) is 9.46. The molecule has 0 spiro atoms. The molecule has 4 unspecified atom stereocenters. The van der Waals surface area contributed by atoms with Gasteiger partial charge in [-0.3, -0.25) is 0 Å². The van der Waals surface area contributed by atoms with Gasteiger partial charge in [-0.2, -0.15) is 11.8 Å². The van der Waals surface area contributed by atoms with Crippen molar-refractivity contribution in [3.63, 3.8) is 0 Å². The van der Waals surface area contributed by atoms with Crippen molar-refractivity contribution in [3.05, 3.63) is 0 Å². The largest absolute Gasteiger partial charge is 0.310 e. The standard InChI is InChI=1S/C12H23NS/c1-9-5-3-6-11(9)13-12-7-4-8-14-10(12)2/h9-13H,3-8H2,1-2H3. The third-order valence-electron chi connectivity index (χ3n) is 3.90. The van der Waals surface area contributed by atoms with Gasteiger partial charge in [0.05, 0.1) is 0 Å². The first kappa shape index (κ1) is 10.8. The van der Waals surface area contributed by atoms with E-state index in [1.807, 2.05) is 0 Å². The van der Waals surface area contributed by atoms with Crippen molar-refractivity contribution >= 4 is 11.8 Å². The van der Waals surface area contributed by atoms with Gasteiger partial charge in [-0.05, 0) is 37.4 Å². The van der Waals surface area contributed by atoms with Gasteiger partial charge < -0.3 is 5.32 Å². The van der Waals surface area contributed by atoms with Crippen molar-refractivity contribution in [3.8, 4) is 0 Å². The summed E-state index contributed by atoms with van der Waals surface area (Å²) >= 11 is 2.15. The van der Waals surface area contributed by atoms with Gasteiger partial charge in [-0.25, -0.2) is 0 Å². The first-order chi connectivity index (χ1) is 6.77. The Morgan fingerprint density at radius 2 is 1.79 bits per heavy atom. The second kappa shape index (κ2) is 4.89. The minimum atomic E-state index is 0.791. The Hall–Kier alpha value is 0.310. The van der Waals surface area contributed by atoms with Crippen LogP contribution in [0.3, 0.4) is 0 Å². The second-order valence-electron chi connectivity index (χ2n) is 5.01. The first-order valence-corrected chi connectivity index (χ1v) is 7.20. The van der Waals surface area contributed by atoms with Crippen LogP contribution in [0.15, 0.2) is 0 Å². The molecule has 0 aromatic carbocycles. The molecule has 14 heavy (non-hydrogen) atoms. The lowest BCUT2D eigenvalue weighted by Crippen LogP contribution is -2.46. The fourth-order valence-electron chi connectivity index (χ4n) is 2.81. The van der Waals surface area contributed by atoms with Gasteiger partial charge in [0, 0.05) is 17.3 Å². The molecule has 1 N–H and O–H groups in total. The van der Waals surface area contributed by atoms with E-state index in [4.69, 9.17) is 0 Å². The monoisotopic (exact) mass is 213 g/mol. The summed E-state index contributed by atoms with van der Waals surface area (Å²) in [5.74, 6) is 2.29. The molecule has 2 aliphatic rings. The molecular formula is C12H23NS. The van der Waals surface area contributed by atoms with Crippen LogP contribution in [-0.4, -0.2) is 23.1 Å². The summed E-state index contributed by atoms with van der Waals surface area (Å²) in [6.45, 7) is 4.80. The van der Waals surface area contributed by atoms with E-state index in [0.717, 1.165) is 23.3 Å². The summed E-state index contributed by atoms with van der Waals surface area (Å²) in [7, 11) is 0. The van der Waals surface area contributed by atoms with E-state index in [1.54, 1.807) is 0 Å². The SMILES string of the molecule is CC1CCCC1NC1CCCSC1C. The molecule has 0 amide bonds. The average Bonchev–Trinajstić information content (AvgIpc) is 2.56. The minimum Gasteiger partial charge on any atom is -0.310 e. The third-order valence-corrected chi connectivity index (χ3v) is 5.28. The molecule has 0 aromatic heterocycles. The molecule has 1 saturated heterocycles. The molecule has 82 valence electrons. The van der Waals surface area contributed by atoms with E-state index in [0.29, 0.717) is 0 Å².